The third-order valence-electron chi connectivity index (χ3n) is 4.84. The Labute approximate surface area is 155 Å². The van der Waals surface area contributed by atoms with Crippen LogP contribution >= 0.6 is 0 Å². The summed E-state index contributed by atoms with van der Waals surface area (Å²) in [4.78, 5) is 18.1. The highest BCUT2D eigenvalue weighted by Crippen LogP contribution is 2.34. The van der Waals surface area contributed by atoms with Gasteiger partial charge in [0.25, 0.3) is 0 Å². The number of carbonyl (C=O) groups is 1. The lowest BCUT2D eigenvalue weighted by atomic mass is 10.1. The Hall–Kier alpha value is -3.01. The molecule has 0 radical (unpaired) electrons. The van der Waals surface area contributed by atoms with Crippen molar-refractivity contribution in [1.82, 2.24) is 29.6 Å². The molecule has 142 valence electrons. The van der Waals surface area contributed by atoms with E-state index in [1.807, 2.05) is 23.9 Å². The van der Waals surface area contributed by atoms with Crippen LogP contribution in [0.4, 0.5) is 5.82 Å². The number of nitrogens with zero attached hydrogens (tertiary/aromatic N) is 7. The van der Waals surface area contributed by atoms with Crippen LogP contribution in [0.2, 0.25) is 0 Å². The summed E-state index contributed by atoms with van der Waals surface area (Å²) in [5.41, 5.74) is 7.14. The summed E-state index contributed by atoms with van der Waals surface area (Å²) in [5, 5.41) is 21.9. The number of hydrogen-bond donors (Lipinski definition) is 2. The first kappa shape index (κ1) is 17.4. The molecular formula is C17H22N8O2. The maximum atomic E-state index is 11.4. The number of aromatic carboxylic acids is 1. The first-order valence-electron chi connectivity index (χ1n) is 9.03. The standard InChI is InChI=1S/C17H22N8O2/c1-11(18)4-7-23-10-13(21-22-23)14-3-2-6-24(14)15-5-8-25-16(20-15)12(9-19-25)17(26)27/h5,8-11,14H,2-4,6-7,18H2,1H3,(H,26,27)/t11-,14?/m1/s1. The zero-order valence-corrected chi connectivity index (χ0v) is 15.1. The lowest BCUT2D eigenvalue weighted by Gasteiger charge is -2.24. The van der Waals surface area contributed by atoms with Crippen molar-refractivity contribution in [2.75, 3.05) is 11.4 Å². The van der Waals surface area contributed by atoms with Gasteiger partial charge in [0.1, 0.15) is 17.1 Å². The minimum Gasteiger partial charge on any atom is -0.477 e. The maximum Gasteiger partial charge on any atom is 0.341 e. The Kier molecular flexibility index (Phi) is 4.48. The van der Waals surface area contributed by atoms with Crippen LogP contribution in [0.5, 0.6) is 0 Å². The van der Waals surface area contributed by atoms with Gasteiger partial charge in [-0.05, 0) is 32.3 Å². The predicted octanol–water partition coefficient (Wildman–Crippen LogP) is 1.10. The SMILES string of the molecule is C[C@@H](N)CCn1cc(C2CCCN2c2ccn3ncc(C(=O)O)c3n2)nn1. The molecule has 1 fully saturated rings. The normalized spacial score (nSPS) is 18.3. The quantitative estimate of drug-likeness (QED) is 0.660. The van der Waals surface area contributed by atoms with Crippen LogP contribution in [0.15, 0.2) is 24.7 Å². The summed E-state index contributed by atoms with van der Waals surface area (Å²) < 4.78 is 3.30. The van der Waals surface area contributed by atoms with Gasteiger partial charge in [-0.3, -0.25) is 4.68 Å². The van der Waals surface area contributed by atoms with E-state index in [4.69, 9.17) is 5.73 Å². The monoisotopic (exact) mass is 370 g/mol. The van der Waals surface area contributed by atoms with E-state index in [-0.39, 0.29) is 17.6 Å². The van der Waals surface area contributed by atoms with E-state index in [2.05, 4.69) is 25.3 Å². The molecule has 1 aliphatic rings. The summed E-state index contributed by atoms with van der Waals surface area (Å²) in [7, 11) is 0. The van der Waals surface area contributed by atoms with Crippen molar-refractivity contribution in [1.29, 1.82) is 0 Å². The molecule has 1 saturated heterocycles. The van der Waals surface area contributed by atoms with Crippen LogP contribution in [0.1, 0.15) is 48.3 Å². The number of nitrogens with two attached hydrogens (primary N) is 1. The molecule has 2 atom stereocenters. The van der Waals surface area contributed by atoms with Gasteiger partial charge in [0.2, 0.25) is 0 Å². The largest absolute Gasteiger partial charge is 0.477 e. The van der Waals surface area contributed by atoms with Crippen molar-refractivity contribution in [3.05, 3.63) is 35.9 Å². The topological polar surface area (TPSA) is 127 Å². The molecule has 4 heterocycles. The van der Waals surface area contributed by atoms with Crippen molar-refractivity contribution in [3.63, 3.8) is 0 Å². The van der Waals surface area contributed by atoms with E-state index >= 15 is 0 Å². The number of aryl methyl sites for hydroxylation is 1. The van der Waals surface area contributed by atoms with Crippen LogP contribution < -0.4 is 10.6 Å². The number of anilines is 1. The van der Waals surface area contributed by atoms with Gasteiger partial charge in [0.15, 0.2) is 5.65 Å². The summed E-state index contributed by atoms with van der Waals surface area (Å²) >= 11 is 0. The molecule has 3 aromatic heterocycles. The molecule has 0 aliphatic carbocycles. The molecule has 1 unspecified atom stereocenters. The second-order valence-corrected chi connectivity index (χ2v) is 6.94. The van der Waals surface area contributed by atoms with Crippen molar-refractivity contribution in [2.45, 2.75) is 44.8 Å². The van der Waals surface area contributed by atoms with Crippen molar-refractivity contribution in [3.8, 4) is 0 Å². The van der Waals surface area contributed by atoms with Crippen molar-refractivity contribution in [2.24, 2.45) is 5.73 Å². The van der Waals surface area contributed by atoms with E-state index in [9.17, 15) is 9.90 Å². The predicted molar refractivity (Wildman–Crippen MR) is 97.6 cm³/mol. The lowest BCUT2D eigenvalue weighted by molar-refractivity contribution is 0.0698. The Balaban J connectivity index is 1.60. The summed E-state index contributed by atoms with van der Waals surface area (Å²) in [6.07, 6.45) is 7.82. The molecule has 0 saturated carbocycles. The molecule has 27 heavy (non-hydrogen) atoms. The Morgan fingerprint density at radius 3 is 3.11 bits per heavy atom. The molecule has 0 amide bonds. The smallest absolute Gasteiger partial charge is 0.341 e. The summed E-state index contributed by atoms with van der Waals surface area (Å²) in [5.74, 6) is -0.317. The van der Waals surface area contributed by atoms with Gasteiger partial charge in [0.05, 0.1) is 18.4 Å². The molecular weight excluding hydrogens is 348 g/mol. The average Bonchev–Trinajstić information content (AvgIpc) is 3.36. The molecule has 10 heteroatoms. The highest BCUT2D eigenvalue weighted by Gasteiger charge is 2.30. The van der Waals surface area contributed by atoms with Gasteiger partial charge in [-0.15, -0.1) is 5.10 Å². The zero-order chi connectivity index (χ0) is 19.0. The van der Waals surface area contributed by atoms with Gasteiger partial charge < -0.3 is 15.7 Å². The number of rotatable bonds is 6. The molecule has 1 aliphatic heterocycles. The average molecular weight is 370 g/mol. The van der Waals surface area contributed by atoms with Crippen molar-refractivity contribution >= 4 is 17.4 Å². The first-order chi connectivity index (χ1) is 13.0. The van der Waals surface area contributed by atoms with Crippen molar-refractivity contribution < 1.29 is 9.90 Å². The van der Waals surface area contributed by atoms with E-state index in [1.54, 1.807) is 6.20 Å². The van der Waals surface area contributed by atoms with Gasteiger partial charge >= 0.3 is 5.97 Å². The fourth-order valence-electron chi connectivity index (χ4n) is 3.43. The molecule has 10 nitrogen and oxygen atoms in total. The number of fused-ring (bicyclic) bond motifs is 1. The molecule has 0 spiro atoms. The third-order valence-corrected chi connectivity index (χ3v) is 4.84. The van der Waals surface area contributed by atoms with Gasteiger partial charge in [-0.1, -0.05) is 5.21 Å². The molecule has 3 N–H and O–H groups in total. The minimum atomic E-state index is -1.04. The van der Waals surface area contributed by atoms with E-state index < -0.39 is 5.97 Å². The Morgan fingerprint density at radius 1 is 1.48 bits per heavy atom. The fourth-order valence-corrected chi connectivity index (χ4v) is 3.43. The number of aromatic nitrogens is 6. The molecule has 0 bridgehead atoms. The van der Waals surface area contributed by atoms with E-state index in [0.717, 1.165) is 43.9 Å². The first-order valence-corrected chi connectivity index (χ1v) is 9.03. The zero-order valence-electron chi connectivity index (χ0n) is 15.1. The molecule has 0 aromatic carbocycles. The van der Waals surface area contributed by atoms with Crippen LogP contribution in [0.25, 0.3) is 5.65 Å². The van der Waals surface area contributed by atoms with Gasteiger partial charge in [-0.2, -0.15) is 5.10 Å². The minimum absolute atomic E-state index is 0.0696. The number of hydrogen-bond acceptors (Lipinski definition) is 7. The lowest BCUT2D eigenvalue weighted by Crippen LogP contribution is -2.24. The van der Waals surface area contributed by atoms with Gasteiger partial charge in [0, 0.05) is 25.3 Å². The molecule has 3 aromatic rings. The number of carboxylic acids is 1. The molecule has 4 rings (SSSR count). The second-order valence-electron chi connectivity index (χ2n) is 6.94. The Morgan fingerprint density at radius 2 is 2.33 bits per heavy atom. The maximum absolute atomic E-state index is 11.4. The Bertz CT molecular complexity index is 963. The number of carboxylic acid groups (broad SMARTS) is 1. The third kappa shape index (κ3) is 3.35. The van der Waals surface area contributed by atoms with E-state index in [1.165, 1.54) is 10.7 Å². The summed E-state index contributed by atoms with van der Waals surface area (Å²) in [6, 6.07) is 2.04. The van der Waals surface area contributed by atoms with Crippen LogP contribution in [-0.4, -0.2) is 53.3 Å². The summed E-state index contributed by atoms with van der Waals surface area (Å²) in [6.45, 7) is 3.54. The van der Waals surface area contributed by atoms with Crippen LogP contribution in [-0.2, 0) is 6.54 Å². The van der Waals surface area contributed by atoms with E-state index in [0.29, 0.717) is 5.65 Å². The van der Waals surface area contributed by atoms with Crippen LogP contribution in [0.3, 0.4) is 0 Å². The second kappa shape index (κ2) is 6.95. The van der Waals surface area contributed by atoms with Crippen LogP contribution in [0, 0.1) is 0 Å². The highest BCUT2D eigenvalue weighted by atomic mass is 16.4. The van der Waals surface area contributed by atoms with Gasteiger partial charge in [-0.25, -0.2) is 14.3 Å². The fraction of sp³-hybridized carbons (Fsp3) is 0.471. The highest BCUT2D eigenvalue weighted by molar-refractivity contribution is 5.94.